The number of aromatic nitrogens is 1. The van der Waals surface area contributed by atoms with Crippen molar-refractivity contribution in [3.05, 3.63) is 17.8 Å². The quantitative estimate of drug-likeness (QED) is 0.717. The van der Waals surface area contributed by atoms with Gasteiger partial charge < -0.3 is 24.2 Å². The van der Waals surface area contributed by atoms with Crippen molar-refractivity contribution in [1.82, 2.24) is 4.98 Å². The lowest BCUT2D eigenvalue weighted by molar-refractivity contribution is -0.169. The number of carboxylic acid groups (broad SMARTS) is 1. The molecule has 1 aromatic rings. The molecule has 4 rings (SSSR count). The van der Waals surface area contributed by atoms with E-state index in [9.17, 15) is 23.1 Å². The molecule has 0 radical (unpaired) electrons. The molecular formula is C20H26F3N3O5. The number of alkyl halides is 3. The molecule has 0 aromatic carbocycles. The predicted octanol–water partition coefficient (Wildman–Crippen LogP) is 3.54. The molecule has 2 bridgehead atoms. The van der Waals surface area contributed by atoms with E-state index in [0.717, 1.165) is 32.1 Å². The number of ether oxygens (including phenoxy) is 3. The Bertz CT molecular complexity index is 772. The second kappa shape index (κ2) is 9.17. The van der Waals surface area contributed by atoms with E-state index >= 15 is 0 Å². The molecule has 3 aliphatic rings. The molecule has 1 amide bonds. The van der Waals surface area contributed by atoms with Crippen molar-refractivity contribution in [2.24, 2.45) is 0 Å². The zero-order chi connectivity index (χ0) is 22.0. The maximum Gasteiger partial charge on any atom is 0.413 e. The van der Waals surface area contributed by atoms with E-state index in [-0.39, 0.29) is 29.4 Å². The summed E-state index contributed by atoms with van der Waals surface area (Å²) in [4.78, 5) is 18.2. The summed E-state index contributed by atoms with van der Waals surface area (Å²) in [6, 6.07) is 3.38. The highest BCUT2D eigenvalue weighted by molar-refractivity contribution is 5.85. The summed E-state index contributed by atoms with van der Waals surface area (Å²) in [5.74, 6) is -0.267. The van der Waals surface area contributed by atoms with E-state index in [4.69, 9.17) is 14.2 Å². The van der Waals surface area contributed by atoms with E-state index in [0.29, 0.717) is 31.2 Å². The molecule has 8 nitrogen and oxygen atoms in total. The van der Waals surface area contributed by atoms with Crippen molar-refractivity contribution < 1.29 is 37.3 Å². The van der Waals surface area contributed by atoms with Crippen LogP contribution in [0.3, 0.4) is 0 Å². The third-order valence-corrected chi connectivity index (χ3v) is 5.79. The van der Waals surface area contributed by atoms with Crippen LogP contribution >= 0.6 is 0 Å². The first-order chi connectivity index (χ1) is 14.8. The van der Waals surface area contributed by atoms with Crippen LogP contribution in [0.1, 0.15) is 37.8 Å². The highest BCUT2D eigenvalue weighted by Gasteiger charge is 2.39. The zero-order valence-corrected chi connectivity index (χ0v) is 17.0. The van der Waals surface area contributed by atoms with Gasteiger partial charge in [0, 0.05) is 18.4 Å². The van der Waals surface area contributed by atoms with Crippen LogP contribution in [-0.2, 0) is 20.8 Å². The van der Waals surface area contributed by atoms with Gasteiger partial charge in [0.05, 0.1) is 37.6 Å². The van der Waals surface area contributed by atoms with Crippen LogP contribution in [0.4, 0.5) is 29.5 Å². The van der Waals surface area contributed by atoms with Gasteiger partial charge in [-0.15, -0.1) is 0 Å². The number of anilines is 2. The minimum absolute atomic E-state index is 0.0185. The minimum Gasteiger partial charge on any atom is -0.465 e. The lowest BCUT2D eigenvalue weighted by Gasteiger charge is -2.37. The molecule has 31 heavy (non-hydrogen) atoms. The number of hydrogen-bond acceptors (Lipinski definition) is 6. The lowest BCUT2D eigenvalue weighted by atomic mass is 10.2. The number of fused-ring (bicyclic) bond motifs is 2. The van der Waals surface area contributed by atoms with Gasteiger partial charge in [0.15, 0.2) is 6.29 Å². The number of hydrogen-bond donors (Lipinski definition) is 1. The molecule has 0 spiro atoms. The average molecular weight is 445 g/mol. The summed E-state index contributed by atoms with van der Waals surface area (Å²) >= 11 is 0. The van der Waals surface area contributed by atoms with Crippen LogP contribution in [0, 0.1) is 0 Å². The van der Waals surface area contributed by atoms with Gasteiger partial charge in [-0.2, -0.15) is 13.2 Å². The summed E-state index contributed by atoms with van der Waals surface area (Å²) in [6.45, 7) is 0.0343. The molecule has 1 aromatic heterocycles. The third kappa shape index (κ3) is 5.39. The second-order valence-corrected chi connectivity index (χ2v) is 8.10. The normalized spacial score (nSPS) is 26.2. The number of amides is 1. The Kier molecular flexibility index (Phi) is 6.54. The maximum absolute atomic E-state index is 13.0. The van der Waals surface area contributed by atoms with Gasteiger partial charge in [-0.25, -0.2) is 9.78 Å². The molecular weight excluding hydrogens is 419 g/mol. The summed E-state index contributed by atoms with van der Waals surface area (Å²) < 4.78 is 56.0. The molecule has 1 N–H and O–H groups in total. The summed E-state index contributed by atoms with van der Waals surface area (Å²) in [5.41, 5.74) is 0.998. The molecule has 0 saturated carbocycles. The third-order valence-electron chi connectivity index (χ3n) is 5.79. The Labute approximate surface area is 177 Å². The Hall–Kier alpha value is -2.11. The smallest absolute Gasteiger partial charge is 0.413 e. The van der Waals surface area contributed by atoms with E-state index in [1.54, 1.807) is 6.07 Å². The van der Waals surface area contributed by atoms with Gasteiger partial charge in [-0.05, 0) is 38.2 Å². The molecule has 4 heterocycles. The van der Waals surface area contributed by atoms with Crippen molar-refractivity contribution in [1.29, 1.82) is 0 Å². The first kappa shape index (κ1) is 22.1. The van der Waals surface area contributed by atoms with Crippen molar-refractivity contribution in [3.8, 4) is 0 Å². The van der Waals surface area contributed by atoms with Gasteiger partial charge in [-0.3, -0.25) is 4.90 Å². The van der Waals surface area contributed by atoms with E-state index in [1.165, 1.54) is 6.07 Å². The van der Waals surface area contributed by atoms with Gasteiger partial charge >= 0.3 is 12.3 Å². The van der Waals surface area contributed by atoms with Crippen LogP contribution in [0.25, 0.3) is 0 Å². The Morgan fingerprint density at radius 3 is 2.58 bits per heavy atom. The maximum atomic E-state index is 13.0. The summed E-state index contributed by atoms with van der Waals surface area (Å²) in [6.07, 6.45) is -2.32. The SMILES string of the molecule is O=C(O)N(CC(F)(F)F)c1cc(N2C3CCC2COC3)cc(COC2CCCCO2)n1. The first-order valence-electron chi connectivity index (χ1n) is 10.5. The van der Waals surface area contributed by atoms with Gasteiger partial charge in [0.25, 0.3) is 0 Å². The van der Waals surface area contributed by atoms with Crippen molar-refractivity contribution >= 4 is 17.6 Å². The fraction of sp³-hybridized carbons (Fsp3) is 0.700. The Morgan fingerprint density at radius 2 is 1.97 bits per heavy atom. The molecule has 3 fully saturated rings. The number of carbonyl (C=O) groups is 1. The first-order valence-corrected chi connectivity index (χ1v) is 10.5. The number of rotatable bonds is 6. The Balaban J connectivity index is 1.63. The molecule has 3 aliphatic heterocycles. The highest BCUT2D eigenvalue weighted by Crippen LogP contribution is 2.36. The number of pyridine rings is 1. The van der Waals surface area contributed by atoms with Crippen LogP contribution in [0.15, 0.2) is 12.1 Å². The molecule has 3 unspecified atom stereocenters. The predicted molar refractivity (Wildman–Crippen MR) is 104 cm³/mol. The number of nitrogens with zero attached hydrogens (tertiary/aromatic N) is 3. The molecule has 172 valence electrons. The van der Waals surface area contributed by atoms with Crippen LogP contribution in [-0.4, -0.2) is 67.1 Å². The van der Waals surface area contributed by atoms with Crippen LogP contribution in [0.2, 0.25) is 0 Å². The fourth-order valence-electron chi connectivity index (χ4n) is 4.41. The van der Waals surface area contributed by atoms with Crippen molar-refractivity contribution in [2.75, 3.05) is 36.2 Å². The summed E-state index contributed by atoms with van der Waals surface area (Å²) in [7, 11) is 0. The molecule has 3 atom stereocenters. The second-order valence-electron chi connectivity index (χ2n) is 8.10. The number of morpholine rings is 1. The lowest BCUT2D eigenvalue weighted by Crippen LogP contribution is -2.46. The monoisotopic (exact) mass is 445 g/mol. The van der Waals surface area contributed by atoms with E-state index in [2.05, 4.69) is 9.88 Å². The standard InChI is InChI=1S/C20H26F3N3O5/c21-20(22,23)12-25(19(27)28)17-8-16(26-14-4-5-15(26)11-29-10-14)7-13(24-17)9-31-18-3-1-2-6-30-18/h7-8,14-15,18H,1-6,9-12H2,(H,27,28). The average Bonchev–Trinajstić information content (AvgIpc) is 2.99. The highest BCUT2D eigenvalue weighted by atomic mass is 19.4. The van der Waals surface area contributed by atoms with Crippen molar-refractivity contribution in [2.45, 2.75) is 63.3 Å². The topological polar surface area (TPSA) is 84.4 Å². The molecule has 3 saturated heterocycles. The van der Waals surface area contributed by atoms with Gasteiger partial charge in [-0.1, -0.05) is 0 Å². The van der Waals surface area contributed by atoms with E-state index < -0.39 is 25.1 Å². The van der Waals surface area contributed by atoms with Crippen LogP contribution in [0.5, 0.6) is 0 Å². The molecule has 11 heteroatoms. The fourth-order valence-corrected chi connectivity index (χ4v) is 4.41. The van der Waals surface area contributed by atoms with Crippen LogP contribution < -0.4 is 9.80 Å². The summed E-state index contributed by atoms with van der Waals surface area (Å²) in [5, 5.41) is 9.43. The van der Waals surface area contributed by atoms with E-state index in [1.807, 2.05) is 0 Å². The zero-order valence-electron chi connectivity index (χ0n) is 17.0. The van der Waals surface area contributed by atoms with Gasteiger partial charge in [0.2, 0.25) is 0 Å². The molecule has 0 aliphatic carbocycles. The largest absolute Gasteiger partial charge is 0.465 e. The van der Waals surface area contributed by atoms with Crippen molar-refractivity contribution in [3.63, 3.8) is 0 Å². The Morgan fingerprint density at radius 1 is 1.23 bits per heavy atom. The van der Waals surface area contributed by atoms with Gasteiger partial charge in [0.1, 0.15) is 12.4 Å². The number of halogens is 3. The minimum atomic E-state index is -4.69.